The molecule has 0 spiro atoms. The molecule has 0 aliphatic rings. The van der Waals surface area contributed by atoms with Crippen LogP contribution in [0.2, 0.25) is 4.34 Å². The molecule has 1 unspecified atom stereocenters. The summed E-state index contributed by atoms with van der Waals surface area (Å²) >= 11 is 7.36. The number of amides is 1. The van der Waals surface area contributed by atoms with Gasteiger partial charge < -0.3 is 14.5 Å². The van der Waals surface area contributed by atoms with Gasteiger partial charge in [-0.3, -0.25) is 4.79 Å². The number of methoxy groups -OCH3 is 1. The zero-order chi connectivity index (χ0) is 15.5. The second kappa shape index (κ2) is 6.52. The highest BCUT2D eigenvalue weighted by atomic mass is 35.5. The molecule has 4 nitrogen and oxygen atoms in total. The van der Waals surface area contributed by atoms with Crippen LogP contribution in [0.4, 0.5) is 0 Å². The molecule has 2 heterocycles. The SMILES string of the molecule is COC(CNC(=O)c1cc2ccccc2o1)c1ccc(Cl)s1. The molecule has 1 N–H and O–H groups in total. The van der Waals surface area contributed by atoms with Gasteiger partial charge in [0.1, 0.15) is 11.7 Å². The molecule has 22 heavy (non-hydrogen) atoms. The van der Waals surface area contributed by atoms with E-state index in [-0.39, 0.29) is 12.0 Å². The second-order valence-electron chi connectivity index (χ2n) is 4.72. The van der Waals surface area contributed by atoms with Crippen LogP contribution in [0.5, 0.6) is 0 Å². The number of carbonyl (C=O) groups is 1. The molecule has 6 heteroatoms. The van der Waals surface area contributed by atoms with Crippen LogP contribution in [0, 0.1) is 0 Å². The van der Waals surface area contributed by atoms with Gasteiger partial charge in [0.15, 0.2) is 5.76 Å². The fourth-order valence-corrected chi connectivity index (χ4v) is 3.31. The minimum Gasteiger partial charge on any atom is -0.451 e. The van der Waals surface area contributed by atoms with Crippen molar-refractivity contribution in [2.75, 3.05) is 13.7 Å². The Hall–Kier alpha value is -1.82. The van der Waals surface area contributed by atoms with Crippen molar-refractivity contribution in [3.8, 4) is 0 Å². The fraction of sp³-hybridized carbons (Fsp3) is 0.188. The molecule has 3 rings (SSSR count). The van der Waals surface area contributed by atoms with Crippen molar-refractivity contribution in [2.45, 2.75) is 6.10 Å². The summed E-state index contributed by atoms with van der Waals surface area (Å²) in [6.45, 7) is 0.350. The van der Waals surface area contributed by atoms with Crippen LogP contribution in [0.3, 0.4) is 0 Å². The number of nitrogens with one attached hydrogen (secondary N) is 1. The maximum Gasteiger partial charge on any atom is 0.287 e. The number of rotatable bonds is 5. The van der Waals surface area contributed by atoms with Gasteiger partial charge in [-0.1, -0.05) is 29.8 Å². The Morgan fingerprint density at radius 1 is 1.36 bits per heavy atom. The minimum absolute atomic E-state index is 0.231. The molecule has 0 aliphatic heterocycles. The van der Waals surface area contributed by atoms with Crippen molar-refractivity contribution >= 4 is 39.8 Å². The number of ether oxygens (including phenoxy) is 1. The van der Waals surface area contributed by atoms with Gasteiger partial charge >= 0.3 is 0 Å². The predicted octanol–water partition coefficient (Wildman–Crippen LogP) is 4.27. The lowest BCUT2D eigenvalue weighted by molar-refractivity contribution is 0.0818. The van der Waals surface area contributed by atoms with E-state index >= 15 is 0 Å². The van der Waals surface area contributed by atoms with Crippen molar-refractivity contribution in [1.82, 2.24) is 5.32 Å². The molecule has 114 valence electrons. The van der Waals surface area contributed by atoms with E-state index in [9.17, 15) is 4.79 Å². The normalized spacial score (nSPS) is 12.5. The topological polar surface area (TPSA) is 51.5 Å². The fourth-order valence-electron chi connectivity index (χ4n) is 2.17. The van der Waals surface area contributed by atoms with Crippen molar-refractivity contribution in [2.24, 2.45) is 0 Å². The minimum atomic E-state index is -0.263. The Kier molecular flexibility index (Phi) is 4.47. The van der Waals surface area contributed by atoms with E-state index in [1.54, 1.807) is 13.2 Å². The number of carbonyl (C=O) groups excluding carboxylic acids is 1. The van der Waals surface area contributed by atoms with Gasteiger partial charge in [0.05, 0.1) is 4.34 Å². The van der Waals surface area contributed by atoms with Crippen molar-refractivity contribution in [3.63, 3.8) is 0 Å². The first-order valence-electron chi connectivity index (χ1n) is 6.72. The smallest absolute Gasteiger partial charge is 0.287 e. The third-order valence-corrected chi connectivity index (χ3v) is 4.62. The summed E-state index contributed by atoms with van der Waals surface area (Å²) in [5.74, 6) is 0.0289. The summed E-state index contributed by atoms with van der Waals surface area (Å²) in [5.41, 5.74) is 0.695. The van der Waals surface area contributed by atoms with Gasteiger partial charge in [-0.2, -0.15) is 0 Å². The lowest BCUT2D eigenvalue weighted by Gasteiger charge is -2.13. The standard InChI is InChI=1S/C16H14ClNO3S/c1-20-13(14-6-7-15(17)22-14)9-18-16(19)12-8-10-4-2-3-5-11(10)21-12/h2-8,13H,9H2,1H3,(H,18,19). The summed E-state index contributed by atoms with van der Waals surface area (Å²) in [6.07, 6.45) is -0.231. The van der Waals surface area contributed by atoms with E-state index in [0.717, 1.165) is 10.3 Å². The Morgan fingerprint density at radius 3 is 2.86 bits per heavy atom. The maximum absolute atomic E-state index is 12.2. The van der Waals surface area contributed by atoms with Gasteiger partial charge in [-0.05, 0) is 24.3 Å². The number of hydrogen-bond acceptors (Lipinski definition) is 4. The largest absolute Gasteiger partial charge is 0.451 e. The van der Waals surface area contributed by atoms with Crippen LogP contribution < -0.4 is 5.32 Å². The van der Waals surface area contributed by atoms with Crippen LogP contribution in [0.1, 0.15) is 21.5 Å². The lowest BCUT2D eigenvalue weighted by atomic mass is 10.2. The molecule has 0 aliphatic carbocycles. The average molecular weight is 336 g/mol. The third-order valence-electron chi connectivity index (χ3n) is 3.29. The number of furan rings is 1. The number of halogens is 1. The van der Waals surface area contributed by atoms with Crippen LogP contribution >= 0.6 is 22.9 Å². The van der Waals surface area contributed by atoms with Crippen LogP contribution in [0.15, 0.2) is 46.9 Å². The van der Waals surface area contributed by atoms with Crippen LogP contribution in [-0.2, 0) is 4.74 Å². The molecule has 0 radical (unpaired) electrons. The molecule has 2 aromatic heterocycles. The Balaban J connectivity index is 1.68. The van der Waals surface area contributed by atoms with Gasteiger partial charge in [-0.25, -0.2) is 0 Å². The van der Waals surface area contributed by atoms with Gasteiger partial charge in [0.2, 0.25) is 0 Å². The Morgan fingerprint density at radius 2 is 2.18 bits per heavy atom. The number of para-hydroxylation sites is 1. The molecule has 0 saturated heterocycles. The third kappa shape index (κ3) is 3.16. The zero-order valence-corrected chi connectivity index (χ0v) is 13.4. The summed E-state index contributed by atoms with van der Waals surface area (Å²) in [6, 6.07) is 13.0. The summed E-state index contributed by atoms with van der Waals surface area (Å²) in [4.78, 5) is 13.2. The summed E-state index contributed by atoms with van der Waals surface area (Å²) in [7, 11) is 1.60. The van der Waals surface area contributed by atoms with E-state index in [1.807, 2.05) is 36.4 Å². The first-order valence-corrected chi connectivity index (χ1v) is 7.91. The van der Waals surface area contributed by atoms with E-state index in [1.165, 1.54) is 11.3 Å². The maximum atomic E-state index is 12.2. The lowest BCUT2D eigenvalue weighted by Crippen LogP contribution is -2.28. The molecule has 1 atom stereocenters. The molecule has 1 aromatic carbocycles. The molecule has 1 amide bonds. The zero-order valence-electron chi connectivity index (χ0n) is 11.8. The molecule has 3 aromatic rings. The van der Waals surface area contributed by atoms with Gasteiger partial charge in [0, 0.05) is 23.9 Å². The van der Waals surface area contributed by atoms with Crippen molar-refractivity contribution in [3.05, 3.63) is 57.4 Å². The number of benzene rings is 1. The molecular formula is C16H14ClNO3S. The van der Waals surface area contributed by atoms with Crippen LogP contribution in [-0.4, -0.2) is 19.6 Å². The first-order chi connectivity index (χ1) is 10.7. The number of fused-ring (bicyclic) bond motifs is 1. The van der Waals surface area contributed by atoms with Crippen molar-refractivity contribution in [1.29, 1.82) is 0 Å². The quantitative estimate of drug-likeness (QED) is 0.757. The van der Waals surface area contributed by atoms with Crippen molar-refractivity contribution < 1.29 is 13.9 Å². The summed E-state index contributed by atoms with van der Waals surface area (Å²) in [5, 5.41) is 3.73. The number of thiophene rings is 1. The molecule has 0 fully saturated rings. The first kappa shape index (κ1) is 15.1. The Bertz CT molecular complexity index is 762. The highest BCUT2D eigenvalue weighted by molar-refractivity contribution is 7.16. The van der Waals surface area contributed by atoms with E-state index < -0.39 is 0 Å². The second-order valence-corrected chi connectivity index (χ2v) is 6.47. The highest BCUT2D eigenvalue weighted by Gasteiger charge is 2.17. The Labute approximate surface area is 136 Å². The van der Waals surface area contributed by atoms with E-state index in [0.29, 0.717) is 22.2 Å². The average Bonchev–Trinajstić information content (AvgIpc) is 3.14. The highest BCUT2D eigenvalue weighted by Crippen LogP contribution is 2.28. The van der Waals surface area contributed by atoms with Crippen LogP contribution in [0.25, 0.3) is 11.0 Å². The predicted molar refractivity (Wildman–Crippen MR) is 87.6 cm³/mol. The number of hydrogen-bond donors (Lipinski definition) is 1. The molecule has 0 bridgehead atoms. The van der Waals surface area contributed by atoms with Gasteiger partial charge in [0.25, 0.3) is 5.91 Å². The molecule has 0 saturated carbocycles. The summed E-state index contributed by atoms with van der Waals surface area (Å²) < 4.78 is 11.6. The molecular weight excluding hydrogens is 322 g/mol. The monoisotopic (exact) mass is 335 g/mol. The van der Waals surface area contributed by atoms with Gasteiger partial charge in [-0.15, -0.1) is 11.3 Å². The van der Waals surface area contributed by atoms with E-state index in [2.05, 4.69) is 5.32 Å². The van der Waals surface area contributed by atoms with E-state index in [4.69, 9.17) is 20.8 Å².